The molecule has 1 heterocycles. The fraction of sp³-hybridized carbons (Fsp3) is 0.214. The molecule has 0 unspecified atom stereocenters. The summed E-state index contributed by atoms with van der Waals surface area (Å²) >= 11 is 9.75. The Bertz CT molecular complexity index is 669. The van der Waals surface area contributed by atoms with E-state index in [1.807, 2.05) is 0 Å². The van der Waals surface area contributed by atoms with Crippen molar-refractivity contribution >= 4 is 56.4 Å². The van der Waals surface area contributed by atoms with Crippen LogP contribution in [0.25, 0.3) is 0 Å². The largest absolute Gasteiger partial charge is 0.493 e. The second-order valence-corrected chi connectivity index (χ2v) is 6.50. The van der Waals surface area contributed by atoms with Crippen LogP contribution in [0, 0.1) is 12.3 Å². The zero-order valence-corrected chi connectivity index (χ0v) is 14.8. The van der Waals surface area contributed by atoms with Gasteiger partial charge in [0.2, 0.25) is 0 Å². The van der Waals surface area contributed by atoms with Crippen molar-refractivity contribution < 1.29 is 14.3 Å². The first-order valence-corrected chi connectivity index (χ1v) is 8.23. The molecule has 1 aliphatic heterocycles. The maximum atomic E-state index is 11.6. The van der Waals surface area contributed by atoms with Gasteiger partial charge >= 0.3 is 0 Å². The molecule has 0 saturated carbocycles. The van der Waals surface area contributed by atoms with E-state index in [1.165, 1.54) is 30.1 Å². The molecule has 0 atom stereocenters. The van der Waals surface area contributed by atoms with Gasteiger partial charge in [-0.25, -0.2) is 0 Å². The van der Waals surface area contributed by atoms with Crippen molar-refractivity contribution in [2.75, 3.05) is 19.5 Å². The fourth-order valence-electron chi connectivity index (χ4n) is 1.65. The summed E-state index contributed by atoms with van der Waals surface area (Å²) in [4.78, 5) is 11.6. The Labute approximate surface area is 146 Å². The zero-order valence-electron chi connectivity index (χ0n) is 11.5. The highest BCUT2D eigenvalue weighted by Crippen LogP contribution is 2.36. The maximum absolute atomic E-state index is 11.6. The van der Waals surface area contributed by atoms with Crippen LogP contribution < -0.4 is 9.47 Å². The molecular weight excluding hydrogens is 388 g/mol. The Balaban J connectivity index is 2.25. The van der Waals surface area contributed by atoms with Crippen LogP contribution in [-0.4, -0.2) is 40.9 Å². The number of halogens is 1. The van der Waals surface area contributed by atoms with Gasteiger partial charge in [0.15, 0.2) is 15.8 Å². The molecule has 1 fully saturated rings. The van der Waals surface area contributed by atoms with Crippen molar-refractivity contribution in [1.82, 2.24) is 5.01 Å². The van der Waals surface area contributed by atoms with Crippen LogP contribution in [0.3, 0.4) is 0 Å². The molecule has 0 radical (unpaired) electrons. The van der Waals surface area contributed by atoms with Gasteiger partial charge in [0, 0.05) is 0 Å². The highest BCUT2D eigenvalue weighted by atomic mass is 79.9. The molecule has 1 aromatic carbocycles. The Morgan fingerprint density at radius 2 is 2.41 bits per heavy atom. The number of thiocarbonyl (C=S) groups is 1. The van der Waals surface area contributed by atoms with Crippen LogP contribution in [-0.2, 0) is 4.79 Å². The molecule has 0 bridgehead atoms. The van der Waals surface area contributed by atoms with Crippen molar-refractivity contribution in [1.29, 1.82) is 0 Å². The lowest BCUT2D eigenvalue weighted by atomic mass is 10.2. The van der Waals surface area contributed by atoms with E-state index < -0.39 is 0 Å². The van der Waals surface area contributed by atoms with Crippen molar-refractivity contribution in [3.63, 3.8) is 0 Å². The summed E-state index contributed by atoms with van der Waals surface area (Å²) in [5.41, 5.74) is 0.726. The van der Waals surface area contributed by atoms with Gasteiger partial charge < -0.3 is 9.47 Å². The number of carbonyl (C=O) groups excluding carboxylic acids is 1. The first-order chi connectivity index (χ1) is 10.6. The van der Waals surface area contributed by atoms with Crippen LogP contribution in [0.1, 0.15) is 5.56 Å². The lowest BCUT2D eigenvalue weighted by molar-refractivity contribution is -0.123. The van der Waals surface area contributed by atoms with Crippen molar-refractivity contribution in [2.24, 2.45) is 5.10 Å². The molecule has 0 spiro atoms. The van der Waals surface area contributed by atoms with E-state index in [1.54, 1.807) is 12.1 Å². The van der Waals surface area contributed by atoms with Gasteiger partial charge in [-0.15, -0.1) is 6.42 Å². The molecule has 1 amide bonds. The van der Waals surface area contributed by atoms with Crippen LogP contribution >= 0.6 is 39.9 Å². The molecule has 1 aliphatic rings. The number of hydrazone groups is 1. The number of nitrogens with zero attached hydrogens (tertiary/aromatic N) is 2. The lowest BCUT2D eigenvalue weighted by Crippen LogP contribution is -2.22. The lowest BCUT2D eigenvalue weighted by Gasteiger charge is -2.12. The average Bonchev–Trinajstić information content (AvgIpc) is 2.82. The van der Waals surface area contributed by atoms with Gasteiger partial charge in [-0.3, -0.25) is 4.79 Å². The molecule has 2 rings (SSSR count). The van der Waals surface area contributed by atoms with E-state index in [4.69, 9.17) is 28.1 Å². The Kier molecular flexibility index (Phi) is 5.83. The van der Waals surface area contributed by atoms with Gasteiger partial charge in [0.25, 0.3) is 5.91 Å². The second kappa shape index (κ2) is 7.63. The summed E-state index contributed by atoms with van der Waals surface area (Å²) in [7, 11) is 1.53. The topological polar surface area (TPSA) is 51.1 Å². The molecule has 1 aromatic rings. The molecule has 0 aromatic heterocycles. The summed E-state index contributed by atoms with van der Waals surface area (Å²) in [6, 6.07) is 3.52. The van der Waals surface area contributed by atoms with E-state index in [2.05, 4.69) is 27.0 Å². The minimum absolute atomic E-state index is 0.133. The van der Waals surface area contributed by atoms with Crippen LogP contribution in [0.4, 0.5) is 0 Å². The number of benzene rings is 1. The number of thioether (sulfide) groups is 1. The van der Waals surface area contributed by atoms with E-state index >= 15 is 0 Å². The number of ether oxygens (including phenoxy) is 2. The maximum Gasteiger partial charge on any atom is 0.259 e. The molecule has 0 N–H and O–H groups in total. The van der Waals surface area contributed by atoms with Gasteiger partial charge in [-0.05, 0) is 33.6 Å². The highest BCUT2D eigenvalue weighted by Gasteiger charge is 2.26. The Hall–Kier alpha value is -1.56. The van der Waals surface area contributed by atoms with Gasteiger partial charge in [-0.2, -0.15) is 10.1 Å². The molecule has 22 heavy (non-hydrogen) atoms. The van der Waals surface area contributed by atoms with Gasteiger partial charge in [-0.1, -0.05) is 29.9 Å². The number of amides is 1. The summed E-state index contributed by atoms with van der Waals surface area (Å²) < 4.78 is 11.8. The van der Waals surface area contributed by atoms with Crippen LogP contribution in [0.5, 0.6) is 11.5 Å². The number of terminal acetylenes is 1. The molecule has 5 nitrogen and oxygen atoms in total. The molecule has 0 aliphatic carbocycles. The number of carbonyl (C=O) groups is 1. The third kappa shape index (κ3) is 3.80. The summed E-state index contributed by atoms with van der Waals surface area (Å²) in [5.74, 6) is 3.61. The Morgan fingerprint density at radius 1 is 1.64 bits per heavy atom. The van der Waals surface area contributed by atoms with E-state index in [-0.39, 0.29) is 12.5 Å². The molecular formula is C14H11BrN2O3S2. The minimum atomic E-state index is -0.133. The fourth-order valence-corrected chi connectivity index (χ4v) is 3.19. The zero-order chi connectivity index (χ0) is 16.1. The quantitative estimate of drug-likeness (QED) is 0.433. The van der Waals surface area contributed by atoms with Gasteiger partial charge in [0.1, 0.15) is 6.61 Å². The summed E-state index contributed by atoms with van der Waals surface area (Å²) in [6.45, 7) is 0.135. The Morgan fingerprint density at radius 3 is 3.00 bits per heavy atom. The third-order valence-corrected chi connectivity index (χ3v) is 4.53. The second-order valence-electron chi connectivity index (χ2n) is 4.03. The van der Waals surface area contributed by atoms with E-state index in [9.17, 15) is 4.79 Å². The van der Waals surface area contributed by atoms with E-state index in [0.29, 0.717) is 26.0 Å². The monoisotopic (exact) mass is 398 g/mol. The van der Waals surface area contributed by atoms with Crippen molar-refractivity contribution in [3.8, 4) is 23.8 Å². The van der Waals surface area contributed by atoms with Crippen LogP contribution in [0.2, 0.25) is 0 Å². The first kappa shape index (κ1) is 16.8. The third-order valence-electron chi connectivity index (χ3n) is 2.60. The van der Waals surface area contributed by atoms with Crippen molar-refractivity contribution in [3.05, 3.63) is 22.2 Å². The highest BCUT2D eigenvalue weighted by molar-refractivity contribution is 9.10. The van der Waals surface area contributed by atoms with Gasteiger partial charge in [0.05, 0.1) is 23.5 Å². The number of rotatable bonds is 5. The smallest absolute Gasteiger partial charge is 0.259 e. The van der Waals surface area contributed by atoms with E-state index in [0.717, 1.165) is 5.56 Å². The number of hydrogen-bond donors (Lipinski definition) is 0. The summed E-state index contributed by atoms with van der Waals surface area (Å²) in [6.07, 6.45) is 6.72. The molecule has 1 saturated heterocycles. The number of methoxy groups -OCH3 is 1. The molecule has 114 valence electrons. The summed E-state index contributed by atoms with van der Waals surface area (Å²) in [5, 5.41) is 5.32. The predicted octanol–water partition coefficient (Wildman–Crippen LogP) is 2.66. The van der Waals surface area contributed by atoms with Crippen LogP contribution in [0.15, 0.2) is 21.7 Å². The predicted molar refractivity (Wildman–Crippen MR) is 94.5 cm³/mol. The first-order valence-electron chi connectivity index (χ1n) is 6.04. The molecule has 8 heteroatoms. The average molecular weight is 399 g/mol. The minimum Gasteiger partial charge on any atom is -0.493 e. The number of hydrogen-bond acceptors (Lipinski definition) is 6. The standard InChI is InChI=1S/C14H11BrN2O3S2/c1-3-4-20-13-10(15)5-9(6-11(13)19-2)7-16-17-12(18)8-22-14(17)21/h1,5-7H,4,8H2,2H3/b16-7-. The van der Waals surface area contributed by atoms with Crippen molar-refractivity contribution in [2.45, 2.75) is 0 Å². The SMILES string of the molecule is C#CCOc1c(Br)cc(/C=N\N2C(=O)CSC2=S)cc1OC. The normalized spacial score (nSPS) is 14.5.